The van der Waals surface area contributed by atoms with E-state index in [1.807, 2.05) is 6.07 Å². The fraction of sp³-hybridized carbons (Fsp3) is 0.375. The van der Waals surface area contributed by atoms with Gasteiger partial charge in [0.15, 0.2) is 11.5 Å². The second-order valence-electron chi connectivity index (χ2n) is 5.66. The Bertz CT molecular complexity index is 630. The van der Waals surface area contributed by atoms with Crippen LogP contribution in [0.25, 0.3) is 5.57 Å². The third kappa shape index (κ3) is 1.33. The van der Waals surface area contributed by atoms with E-state index < -0.39 is 0 Å². The van der Waals surface area contributed by atoms with Crippen molar-refractivity contribution in [2.45, 2.75) is 31.9 Å². The lowest BCUT2D eigenvalue weighted by Gasteiger charge is -2.29. The van der Waals surface area contributed by atoms with Crippen LogP contribution in [0.3, 0.4) is 0 Å². The smallest absolute Gasteiger partial charge is 0.169 e. The Morgan fingerprint density at radius 1 is 1.37 bits per heavy atom. The number of nitrogens with zero attached hydrogens (tertiary/aromatic N) is 1. The summed E-state index contributed by atoms with van der Waals surface area (Å²) < 4.78 is 5.99. The monoisotopic (exact) mass is 255 g/mol. The van der Waals surface area contributed by atoms with Gasteiger partial charge in [0.1, 0.15) is 6.10 Å². The highest BCUT2D eigenvalue weighted by Crippen LogP contribution is 2.50. The molecule has 1 N–H and O–H groups in total. The van der Waals surface area contributed by atoms with Crippen LogP contribution in [0.1, 0.15) is 24.5 Å². The molecule has 2 heterocycles. The predicted octanol–water partition coefficient (Wildman–Crippen LogP) is 2.70. The van der Waals surface area contributed by atoms with Crippen LogP contribution in [0.15, 0.2) is 30.0 Å². The summed E-state index contributed by atoms with van der Waals surface area (Å²) in [5, 5.41) is 10.1. The molecule has 2 atom stereocenters. The molecule has 0 saturated carbocycles. The van der Waals surface area contributed by atoms with E-state index in [2.05, 4.69) is 31.0 Å². The molecule has 1 aliphatic carbocycles. The number of ether oxygens (including phenoxy) is 1. The normalized spacial score (nSPS) is 27.2. The van der Waals surface area contributed by atoms with Crippen molar-refractivity contribution in [3.8, 4) is 11.5 Å². The van der Waals surface area contributed by atoms with Gasteiger partial charge in [-0.15, -0.1) is 0 Å². The molecule has 0 amide bonds. The number of allylic oxidation sites excluding steroid dienone is 1. The SMILES string of the molecule is CC1Cc2ccc(O)c3c2C2=C(C=CC[C@@H]2O3)N1C. The molecule has 1 aromatic rings. The molecule has 1 aromatic carbocycles. The summed E-state index contributed by atoms with van der Waals surface area (Å²) in [5.74, 6) is 0.943. The minimum atomic E-state index is 0.0646. The summed E-state index contributed by atoms with van der Waals surface area (Å²) in [4.78, 5) is 2.33. The molecule has 3 heteroatoms. The van der Waals surface area contributed by atoms with E-state index in [4.69, 9.17) is 4.74 Å². The number of likely N-dealkylation sites (N-methyl/N-ethyl adjacent to an activating group) is 1. The topological polar surface area (TPSA) is 32.7 Å². The van der Waals surface area contributed by atoms with E-state index in [1.165, 1.54) is 16.8 Å². The Morgan fingerprint density at radius 2 is 2.21 bits per heavy atom. The predicted molar refractivity (Wildman–Crippen MR) is 74.1 cm³/mol. The second kappa shape index (κ2) is 3.56. The quantitative estimate of drug-likeness (QED) is 0.773. The first kappa shape index (κ1) is 11.0. The molecular weight excluding hydrogens is 238 g/mol. The Hall–Kier alpha value is -1.90. The summed E-state index contributed by atoms with van der Waals surface area (Å²) in [6.07, 6.45) is 6.29. The minimum Gasteiger partial charge on any atom is -0.504 e. The highest BCUT2D eigenvalue weighted by atomic mass is 16.5. The lowest BCUT2D eigenvalue weighted by atomic mass is 9.91. The Labute approximate surface area is 112 Å². The Morgan fingerprint density at radius 3 is 3.05 bits per heavy atom. The largest absolute Gasteiger partial charge is 0.504 e. The number of benzene rings is 1. The molecule has 0 radical (unpaired) electrons. The molecule has 19 heavy (non-hydrogen) atoms. The maximum Gasteiger partial charge on any atom is 0.169 e. The summed E-state index contributed by atoms with van der Waals surface area (Å²) in [7, 11) is 2.14. The lowest BCUT2D eigenvalue weighted by Crippen LogP contribution is -2.30. The van der Waals surface area contributed by atoms with Crippen LogP contribution in [0, 0.1) is 0 Å². The highest BCUT2D eigenvalue weighted by Gasteiger charge is 2.39. The van der Waals surface area contributed by atoms with Gasteiger partial charge in [-0.05, 0) is 31.1 Å². The van der Waals surface area contributed by atoms with Crippen LogP contribution in [0.4, 0.5) is 0 Å². The molecule has 0 aromatic heterocycles. The summed E-state index contributed by atoms with van der Waals surface area (Å²) >= 11 is 0. The average molecular weight is 255 g/mol. The lowest BCUT2D eigenvalue weighted by molar-refractivity contribution is 0.258. The maximum absolute atomic E-state index is 10.1. The summed E-state index contributed by atoms with van der Waals surface area (Å²) in [6, 6.07) is 4.25. The van der Waals surface area contributed by atoms with Crippen molar-refractivity contribution in [2.24, 2.45) is 0 Å². The molecule has 2 aliphatic heterocycles. The van der Waals surface area contributed by atoms with E-state index in [0.717, 1.165) is 18.4 Å². The minimum absolute atomic E-state index is 0.0646. The molecule has 0 spiro atoms. The number of hydrogen-bond donors (Lipinski definition) is 1. The second-order valence-corrected chi connectivity index (χ2v) is 5.66. The van der Waals surface area contributed by atoms with Gasteiger partial charge in [0, 0.05) is 36.3 Å². The molecule has 4 rings (SSSR count). The zero-order valence-electron chi connectivity index (χ0n) is 11.2. The number of rotatable bonds is 0. The molecule has 0 saturated heterocycles. The van der Waals surface area contributed by atoms with E-state index in [0.29, 0.717) is 11.8 Å². The molecular formula is C16H17NO2. The fourth-order valence-electron chi connectivity index (χ4n) is 3.41. The fourth-order valence-corrected chi connectivity index (χ4v) is 3.41. The van der Waals surface area contributed by atoms with E-state index in [9.17, 15) is 5.11 Å². The van der Waals surface area contributed by atoms with Gasteiger partial charge in [0.05, 0.1) is 0 Å². The molecule has 0 bridgehead atoms. The van der Waals surface area contributed by atoms with Crippen LogP contribution in [-0.4, -0.2) is 29.2 Å². The summed E-state index contributed by atoms with van der Waals surface area (Å²) in [6.45, 7) is 2.24. The third-order valence-electron chi connectivity index (χ3n) is 4.53. The van der Waals surface area contributed by atoms with Crippen molar-refractivity contribution in [2.75, 3.05) is 7.05 Å². The highest BCUT2D eigenvalue weighted by molar-refractivity contribution is 5.86. The number of phenolic OH excluding ortho intramolecular Hbond substituents is 1. The van der Waals surface area contributed by atoms with Crippen molar-refractivity contribution in [3.05, 3.63) is 41.1 Å². The van der Waals surface area contributed by atoms with Crippen molar-refractivity contribution in [1.82, 2.24) is 4.90 Å². The van der Waals surface area contributed by atoms with Crippen LogP contribution in [-0.2, 0) is 6.42 Å². The molecule has 0 fully saturated rings. The number of hydrogen-bond acceptors (Lipinski definition) is 3. The zero-order valence-corrected chi connectivity index (χ0v) is 11.2. The van der Waals surface area contributed by atoms with Crippen LogP contribution in [0.5, 0.6) is 11.5 Å². The van der Waals surface area contributed by atoms with Gasteiger partial charge in [-0.3, -0.25) is 0 Å². The standard InChI is InChI=1S/C16H17NO2/c1-9-8-10-6-7-12(18)16-14(10)15-11(17(9)2)4-3-5-13(15)19-16/h3-4,6-7,9,13,18H,5,8H2,1-2H3/t9?,13-/m0/s1. The van der Waals surface area contributed by atoms with Gasteiger partial charge < -0.3 is 14.7 Å². The third-order valence-corrected chi connectivity index (χ3v) is 4.53. The Kier molecular flexibility index (Phi) is 2.06. The van der Waals surface area contributed by atoms with Gasteiger partial charge in [0.25, 0.3) is 0 Å². The maximum atomic E-state index is 10.1. The van der Waals surface area contributed by atoms with Crippen LogP contribution >= 0.6 is 0 Å². The molecule has 98 valence electrons. The summed E-state index contributed by atoms with van der Waals surface area (Å²) in [5.41, 5.74) is 4.93. The molecule has 3 aliphatic rings. The first-order valence-electron chi connectivity index (χ1n) is 6.82. The first-order valence-corrected chi connectivity index (χ1v) is 6.82. The zero-order chi connectivity index (χ0) is 13.1. The average Bonchev–Trinajstić information content (AvgIpc) is 2.76. The first-order chi connectivity index (χ1) is 9.16. The van der Waals surface area contributed by atoms with Crippen molar-refractivity contribution >= 4 is 5.57 Å². The van der Waals surface area contributed by atoms with Crippen LogP contribution < -0.4 is 4.74 Å². The van der Waals surface area contributed by atoms with Gasteiger partial charge in [0.2, 0.25) is 0 Å². The van der Waals surface area contributed by atoms with Gasteiger partial charge >= 0.3 is 0 Å². The van der Waals surface area contributed by atoms with Gasteiger partial charge in [-0.2, -0.15) is 0 Å². The molecule has 3 nitrogen and oxygen atoms in total. The van der Waals surface area contributed by atoms with Crippen molar-refractivity contribution < 1.29 is 9.84 Å². The van der Waals surface area contributed by atoms with Gasteiger partial charge in [-0.25, -0.2) is 0 Å². The van der Waals surface area contributed by atoms with Crippen LogP contribution in [0.2, 0.25) is 0 Å². The van der Waals surface area contributed by atoms with Crippen molar-refractivity contribution in [1.29, 1.82) is 0 Å². The van der Waals surface area contributed by atoms with E-state index in [-0.39, 0.29) is 11.9 Å². The van der Waals surface area contributed by atoms with Gasteiger partial charge in [-0.1, -0.05) is 12.1 Å². The number of phenols is 1. The number of aromatic hydroxyl groups is 1. The van der Waals surface area contributed by atoms with E-state index >= 15 is 0 Å². The molecule has 1 unspecified atom stereocenters. The van der Waals surface area contributed by atoms with Crippen molar-refractivity contribution in [3.63, 3.8) is 0 Å². The Balaban J connectivity index is 2.06. The van der Waals surface area contributed by atoms with E-state index in [1.54, 1.807) is 6.07 Å².